The number of benzene rings is 2. The molecule has 3 aliphatic rings. The van der Waals surface area contributed by atoms with Gasteiger partial charge in [-0.1, -0.05) is 0 Å². The van der Waals surface area contributed by atoms with Gasteiger partial charge in [-0.05, 0) is 48.5 Å². The maximum Gasteiger partial charge on any atom is 0.161 e. The molecule has 1 N–H and O–H groups in total. The van der Waals surface area contributed by atoms with Gasteiger partial charge in [0.2, 0.25) is 0 Å². The van der Waals surface area contributed by atoms with E-state index in [4.69, 9.17) is 14.2 Å². The first-order chi connectivity index (χ1) is 17.7. The van der Waals surface area contributed by atoms with Gasteiger partial charge in [-0.25, -0.2) is 9.97 Å². The van der Waals surface area contributed by atoms with E-state index in [1.807, 2.05) is 12.1 Å². The van der Waals surface area contributed by atoms with Gasteiger partial charge in [0, 0.05) is 49.3 Å². The monoisotopic (exact) mass is 484 g/mol. The molecule has 2 aromatic carbocycles. The third-order valence-electron chi connectivity index (χ3n) is 6.87. The largest absolute Gasteiger partial charge is 0.484 e. The lowest BCUT2D eigenvalue weighted by atomic mass is 10.1. The van der Waals surface area contributed by atoms with Crippen molar-refractivity contribution in [3.8, 4) is 23.2 Å². The highest BCUT2D eigenvalue weighted by atomic mass is 16.6. The normalized spacial score (nSPS) is 18.7. The quantitative estimate of drug-likeness (QED) is 0.543. The summed E-state index contributed by atoms with van der Waals surface area (Å²) >= 11 is 0. The summed E-state index contributed by atoms with van der Waals surface area (Å²) in [6, 6.07) is 18.5. The summed E-state index contributed by atoms with van der Waals surface area (Å²) in [4.78, 5) is 14.0. The van der Waals surface area contributed by atoms with Crippen LogP contribution in [0.3, 0.4) is 0 Å². The van der Waals surface area contributed by atoms with Crippen molar-refractivity contribution in [2.45, 2.75) is 12.1 Å². The first kappa shape index (κ1) is 22.7. The summed E-state index contributed by atoms with van der Waals surface area (Å²) in [7, 11) is 0. The van der Waals surface area contributed by atoms with E-state index in [0.29, 0.717) is 42.2 Å². The minimum absolute atomic E-state index is 0.00477. The van der Waals surface area contributed by atoms with Gasteiger partial charge in [0.05, 0.1) is 38.0 Å². The fourth-order valence-electron chi connectivity index (χ4n) is 4.57. The van der Waals surface area contributed by atoms with E-state index in [9.17, 15) is 5.26 Å². The van der Waals surface area contributed by atoms with Gasteiger partial charge in [0.1, 0.15) is 23.7 Å². The first-order valence-corrected chi connectivity index (χ1v) is 12.3. The minimum atomic E-state index is 0.00477. The molecule has 0 radical (unpaired) electrons. The van der Waals surface area contributed by atoms with E-state index in [0.717, 1.165) is 50.6 Å². The average molecular weight is 485 g/mol. The van der Waals surface area contributed by atoms with Crippen LogP contribution in [0.1, 0.15) is 5.56 Å². The average Bonchev–Trinajstić information content (AvgIpc) is 2.86. The zero-order chi connectivity index (χ0) is 24.3. The molecule has 184 valence electrons. The van der Waals surface area contributed by atoms with Crippen LogP contribution in [0.2, 0.25) is 0 Å². The summed E-state index contributed by atoms with van der Waals surface area (Å²) in [6.45, 7) is 7.07. The second-order valence-electron chi connectivity index (χ2n) is 9.25. The predicted octanol–water partition coefficient (Wildman–Crippen LogP) is 3.06. The maximum absolute atomic E-state index is 9.59. The van der Waals surface area contributed by atoms with E-state index in [2.05, 4.69) is 55.4 Å². The summed E-state index contributed by atoms with van der Waals surface area (Å²) in [5, 5.41) is 13.0. The topological polar surface area (TPSA) is 95.8 Å². The van der Waals surface area contributed by atoms with Crippen molar-refractivity contribution in [3.63, 3.8) is 0 Å². The van der Waals surface area contributed by atoms with E-state index < -0.39 is 0 Å². The van der Waals surface area contributed by atoms with E-state index in [1.165, 1.54) is 5.69 Å². The Labute approximate surface area is 210 Å². The van der Waals surface area contributed by atoms with Crippen molar-refractivity contribution in [1.29, 1.82) is 5.26 Å². The molecule has 3 fully saturated rings. The number of rotatable bonds is 7. The van der Waals surface area contributed by atoms with Crippen molar-refractivity contribution in [1.82, 2.24) is 14.9 Å². The number of nitrogens with one attached hydrogen (secondary N) is 1. The third kappa shape index (κ3) is 4.84. The summed E-state index contributed by atoms with van der Waals surface area (Å²) < 4.78 is 16.3. The zero-order valence-corrected chi connectivity index (χ0v) is 20.0. The minimum Gasteiger partial charge on any atom is -0.484 e. The summed E-state index contributed by atoms with van der Waals surface area (Å²) in [5.74, 6) is 1.79. The molecule has 3 saturated heterocycles. The van der Waals surface area contributed by atoms with Crippen molar-refractivity contribution >= 4 is 17.2 Å². The van der Waals surface area contributed by atoms with Crippen LogP contribution >= 0.6 is 0 Å². The Kier molecular flexibility index (Phi) is 6.38. The van der Waals surface area contributed by atoms with Gasteiger partial charge in [0.15, 0.2) is 5.82 Å². The molecule has 4 heterocycles. The number of hydrogen-bond acceptors (Lipinski definition) is 9. The Balaban J connectivity index is 1.10. The Morgan fingerprint density at radius 3 is 2.39 bits per heavy atom. The Morgan fingerprint density at radius 1 is 0.944 bits per heavy atom. The molecule has 0 bridgehead atoms. The van der Waals surface area contributed by atoms with Crippen molar-refractivity contribution in [2.75, 3.05) is 62.8 Å². The molecule has 0 unspecified atom stereocenters. The number of anilines is 3. The highest BCUT2D eigenvalue weighted by Crippen LogP contribution is 2.28. The first-order valence-electron chi connectivity index (χ1n) is 12.3. The standard InChI is InChI=1S/C27H28N6O3/c28-14-20-13-19(1-6-25(20)36-24-17-35-18-24)27-29-8-7-26(31-27)30-21-2-4-22(5-3-21)32-9-11-33(12-10-32)23-15-34-16-23/h1-8,13,23-24H,9-12,15-18H2,(H,29,30,31). The molecule has 6 rings (SSSR count). The molecule has 0 spiro atoms. The molecule has 9 heteroatoms. The van der Waals surface area contributed by atoms with E-state index in [1.54, 1.807) is 18.3 Å². The molecule has 3 aliphatic heterocycles. The smallest absolute Gasteiger partial charge is 0.161 e. The maximum atomic E-state index is 9.59. The van der Waals surface area contributed by atoms with Gasteiger partial charge in [-0.15, -0.1) is 0 Å². The lowest BCUT2D eigenvalue weighted by Crippen LogP contribution is -2.56. The van der Waals surface area contributed by atoms with Crippen LogP contribution in [-0.4, -0.2) is 79.6 Å². The number of piperazine rings is 1. The molecule has 9 nitrogen and oxygen atoms in total. The van der Waals surface area contributed by atoms with E-state index in [-0.39, 0.29) is 6.10 Å². The number of hydrogen-bond donors (Lipinski definition) is 1. The molecule has 0 saturated carbocycles. The van der Waals surface area contributed by atoms with Crippen LogP contribution < -0.4 is 15.0 Å². The lowest BCUT2D eigenvalue weighted by Gasteiger charge is -2.43. The van der Waals surface area contributed by atoms with Crippen LogP contribution in [0, 0.1) is 11.3 Å². The SMILES string of the molecule is N#Cc1cc(-c2nccc(Nc3ccc(N4CCN(C5COC5)CC4)cc3)n2)ccc1OC1COC1. The summed E-state index contributed by atoms with van der Waals surface area (Å²) in [6.07, 6.45) is 1.72. The Morgan fingerprint density at radius 2 is 1.72 bits per heavy atom. The van der Waals surface area contributed by atoms with Crippen molar-refractivity contribution < 1.29 is 14.2 Å². The molecule has 0 amide bonds. The van der Waals surface area contributed by atoms with Gasteiger partial charge in [0.25, 0.3) is 0 Å². The second kappa shape index (κ2) is 10.1. The molecule has 0 atom stereocenters. The van der Waals surface area contributed by atoms with Crippen LogP contribution in [0.4, 0.5) is 17.2 Å². The van der Waals surface area contributed by atoms with Crippen LogP contribution in [0.15, 0.2) is 54.7 Å². The van der Waals surface area contributed by atoms with Crippen molar-refractivity contribution in [3.05, 3.63) is 60.3 Å². The van der Waals surface area contributed by atoms with Crippen LogP contribution in [-0.2, 0) is 9.47 Å². The molecular weight excluding hydrogens is 456 g/mol. The Bertz CT molecular complexity index is 1250. The molecule has 36 heavy (non-hydrogen) atoms. The lowest BCUT2D eigenvalue weighted by molar-refractivity contribution is -0.0797. The zero-order valence-electron chi connectivity index (χ0n) is 20.0. The highest BCUT2D eigenvalue weighted by molar-refractivity contribution is 5.65. The number of nitriles is 1. The fraction of sp³-hybridized carbons (Fsp3) is 0.370. The second-order valence-corrected chi connectivity index (χ2v) is 9.25. The Hall–Kier alpha value is -3.71. The van der Waals surface area contributed by atoms with Gasteiger partial charge in [-0.3, -0.25) is 4.90 Å². The van der Waals surface area contributed by atoms with Gasteiger partial charge >= 0.3 is 0 Å². The molecule has 3 aromatic rings. The van der Waals surface area contributed by atoms with Gasteiger partial charge < -0.3 is 24.4 Å². The predicted molar refractivity (Wildman–Crippen MR) is 136 cm³/mol. The number of nitrogens with zero attached hydrogens (tertiary/aromatic N) is 5. The molecular formula is C27H28N6O3. The number of aromatic nitrogens is 2. The van der Waals surface area contributed by atoms with E-state index >= 15 is 0 Å². The third-order valence-corrected chi connectivity index (χ3v) is 6.87. The van der Waals surface area contributed by atoms with Crippen LogP contribution in [0.25, 0.3) is 11.4 Å². The van der Waals surface area contributed by atoms with Crippen LogP contribution in [0.5, 0.6) is 5.75 Å². The summed E-state index contributed by atoms with van der Waals surface area (Å²) in [5.41, 5.74) is 3.40. The molecule has 1 aromatic heterocycles. The van der Waals surface area contributed by atoms with Gasteiger partial charge in [-0.2, -0.15) is 5.26 Å². The van der Waals surface area contributed by atoms with Crippen molar-refractivity contribution in [2.24, 2.45) is 0 Å². The fourth-order valence-corrected chi connectivity index (χ4v) is 4.57. The molecule has 0 aliphatic carbocycles. The number of ether oxygens (including phenoxy) is 3. The highest BCUT2D eigenvalue weighted by Gasteiger charge is 2.28.